The van der Waals surface area contributed by atoms with Crippen LogP contribution in [0.4, 0.5) is 10.1 Å². The summed E-state index contributed by atoms with van der Waals surface area (Å²) >= 11 is 0. The third-order valence-corrected chi connectivity index (χ3v) is 9.77. The normalized spacial score (nSPS) is 14.9. The number of hydrogen-bond acceptors (Lipinski definition) is 9. The first-order valence-corrected chi connectivity index (χ1v) is 17.3. The van der Waals surface area contributed by atoms with Gasteiger partial charge >= 0.3 is 0 Å². The van der Waals surface area contributed by atoms with E-state index in [1.54, 1.807) is 30.9 Å². The summed E-state index contributed by atoms with van der Waals surface area (Å²) in [5, 5.41) is 9.71. The summed E-state index contributed by atoms with van der Waals surface area (Å²) in [6.07, 6.45) is 13.9. The van der Waals surface area contributed by atoms with Crippen molar-refractivity contribution >= 4 is 43.5 Å². The van der Waals surface area contributed by atoms with Crippen LogP contribution >= 0.6 is 0 Å². The highest BCUT2D eigenvalue weighted by Gasteiger charge is 2.22. The molecule has 0 aliphatic heterocycles. The van der Waals surface area contributed by atoms with E-state index in [1.807, 2.05) is 12.1 Å². The molecule has 1 aliphatic rings. The molecule has 0 bridgehead atoms. The number of carbonyl (C=O) groups is 1. The molecule has 240 valence electrons. The number of halogens is 1. The number of pyridine rings is 3. The second kappa shape index (κ2) is 12.3. The zero-order chi connectivity index (χ0) is 32.7. The lowest BCUT2D eigenvalue weighted by atomic mass is 9.87. The highest BCUT2D eigenvalue weighted by molar-refractivity contribution is 7.90. The van der Waals surface area contributed by atoms with Crippen LogP contribution < -0.4 is 11.1 Å². The molecule has 0 saturated heterocycles. The molecule has 1 amide bonds. The number of benzene rings is 1. The van der Waals surface area contributed by atoms with Crippen molar-refractivity contribution in [1.82, 2.24) is 35.1 Å². The van der Waals surface area contributed by atoms with E-state index in [0.717, 1.165) is 36.3 Å². The van der Waals surface area contributed by atoms with Gasteiger partial charge < -0.3 is 16.0 Å². The lowest BCUT2D eigenvalue weighted by molar-refractivity contribution is -0.117. The lowest BCUT2D eigenvalue weighted by Crippen LogP contribution is -2.20. The van der Waals surface area contributed by atoms with Crippen LogP contribution in [0.1, 0.15) is 49.5 Å². The molecule has 0 spiro atoms. The Morgan fingerprint density at radius 3 is 2.64 bits per heavy atom. The van der Waals surface area contributed by atoms with Gasteiger partial charge in [-0.05, 0) is 60.7 Å². The Bertz CT molecular complexity index is 2240. The Kier molecular flexibility index (Phi) is 7.98. The monoisotopic (exact) mass is 653 g/mol. The van der Waals surface area contributed by atoms with Crippen molar-refractivity contribution in [2.45, 2.75) is 43.9 Å². The molecule has 5 aromatic heterocycles. The fourth-order valence-corrected chi connectivity index (χ4v) is 6.82. The van der Waals surface area contributed by atoms with Crippen LogP contribution in [-0.4, -0.2) is 55.7 Å². The second-order valence-electron chi connectivity index (χ2n) is 12.1. The van der Waals surface area contributed by atoms with E-state index in [4.69, 9.17) is 10.7 Å². The third-order valence-electron chi connectivity index (χ3n) is 8.58. The molecule has 1 fully saturated rings. The maximum atomic E-state index is 14.7. The first-order valence-electron chi connectivity index (χ1n) is 15.3. The molecule has 12 nitrogen and oxygen atoms in total. The molecule has 0 radical (unpaired) electrons. The van der Waals surface area contributed by atoms with Crippen LogP contribution in [0.15, 0.2) is 61.2 Å². The predicted molar refractivity (Wildman–Crippen MR) is 177 cm³/mol. The largest absolute Gasteiger partial charge is 0.336 e. The van der Waals surface area contributed by atoms with Crippen molar-refractivity contribution in [3.63, 3.8) is 0 Å². The van der Waals surface area contributed by atoms with Gasteiger partial charge in [0.1, 0.15) is 22.4 Å². The summed E-state index contributed by atoms with van der Waals surface area (Å²) in [4.78, 5) is 34.1. The number of amides is 1. The van der Waals surface area contributed by atoms with E-state index in [9.17, 15) is 17.6 Å². The number of rotatable bonds is 8. The summed E-state index contributed by atoms with van der Waals surface area (Å²) in [5.74, 6) is 0.199. The van der Waals surface area contributed by atoms with Crippen molar-refractivity contribution in [2.24, 2.45) is 11.7 Å². The minimum Gasteiger partial charge on any atom is -0.336 e. The van der Waals surface area contributed by atoms with Crippen molar-refractivity contribution in [3.05, 3.63) is 72.6 Å². The van der Waals surface area contributed by atoms with Gasteiger partial charge in [-0.1, -0.05) is 19.3 Å². The summed E-state index contributed by atoms with van der Waals surface area (Å²) in [6, 6.07) is 9.39. The first kappa shape index (κ1) is 30.6. The van der Waals surface area contributed by atoms with Gasteiger partial charge in [0.2, 0.25) is 5.91 Å². The molecule has 1 saturated carbocycles. The molecule has 5 N–H and O–H groups in total. The van der Waals surface area contributed by atoms with Crippen molar-refractivity contribution < 1.29 is 17.6 Å². The second-order valence-corrected chi connectivity index (χ2v) is 14.2. The lowest BCUT2D eigenvalue weighted by Gasteiger charge is -2.20. The number of carbonyl (C=O) groups excluding carboxylic acids is 1. The van der Waals surface area contributed by atoms with Crippen molar-refractivity contribution in [1.29, 1.82) is 0 Å². The quantitative estimate of drug-likeness (QED) is 0.160. The number of anilines is 1. The average Bonchev–Trinajstić information content (AvgIpc) is 3.68. The maximum absolute atomic E-state index is 14.7. The van der Waals surface area contributed by atoms with Gasteiger partial charge in [0.05, 0.1) is 28.5 Å². The molecule has 6 aromatic rings. The van der Waals surface area contributed by atoms with Gasteiger partial charge in [-0.25, -0.2) is 22.8 Å². The van der Waals surface area contributed by atoms with Gasteiger partial charge in [0, 0.05) is 48.0 Å². The number of fused-ring (bicyclic) bond motifs is 2. The van der Waals surface area contributed by atoms with Crippen LogP contribution in [0, 0.1) is 11.7 Å². The minimum atomic E-state index is -3.67. The van der Waals surface area contributed by atoms with E-state index in [0.29, 0.717) is 62.9 Å². The number of aromatic amines is 2. The standard InChI is InChI=1S/C33H32FN9O3S/c1-47(45,46)31(35)20-10-19(11-23(34)12-20)28-30-26(7-8-37-28)40-33(41-30)29-25-14-22(16-38-32(25)43-42-29)21-13-24(17-36-15-21)39-27(44)9-18-5-3-2-4-6-18/h7-8,10-18,31H,2-6,9,35H2,1H3,(H,39,44)(H,40,41)(H,38,42,43). The Labute approximate surface area is 269 Å². The van der Waals surface area contributed by atoms with Crippen LogP contribution in [0.3, 0.4) is 0 Å². The molecule has 14 heteroatoms. The number of sulfone groups is 1. The number of hydrogen-bond donors (Lipinski definition) is 4. The van der Waals surface area contributed by atoms with Crippen molar-refractivity contribution in [2.75, 3.05) is 11.6 Å². The maximum Gasteiger partial charge on any atom is 0.224 e. The first-order chi connectivity index (χ1) is 22.6. The molecule has 1 unspecified atom stereocenters. The number of imidazole rings is 1. The summed E-state index contributed by atoms with van der Waals surface area (Å²) in [6.45, 7) is 0. The topological polar surface area (TPSA) is 185 Å². The SMILES string of the molecule is CS(=O)(=O)C(N)c1cc(F)cc(-c2nccc3[nH]c(-c4n[nH]c5ncc(-c6cncc(NC(=O)CC7CCCCC7)c6)cc45)nc23)c1. The van der Waals surface area contributed by atoms with Gasteiger partial charge in [0.25, 0.3) is 0 Å². The number of nitrogens with zero attached hydrogens (tertiary/aromatic N) is 5. The van der Waals surface area contributed by atoms with Gasteiger partial charge in [0.15, 0.2) is 21.3 Å². The van der Waals surface area contributed by atoms with E-state index in [1.165, 1.54) is 31.4 Å². The predicted octanol–water partition coefficient (Wildman–Crippen LogP) is 5.68. The molecule has 47 heavy (non-hydrogen) atoms. The van der Waals surface area contributed by atoms with Crippen LogP contribution in [0.2, 0.25) is 0 Å². The molecule has 1 aromatic carbocycles. The number of H-pyrrole nitrogens is 2. The van der Waals surface area contributed by atoms with Crippen LogP contribution in [0.25, 0.3) is 56.0 Å². The summed E-state index contributed by atoms with van der Waals surface area (Å²) in [5.41, 5.74) is 10.9. The highest BCUT2D eigenvalue weighted by atomic mass is 32.2. The average molecular weight is 654 g/mol. The molecule has 1 aliphatic carbocycles. The minimum absolute atomic E-state index is 0.00648. The number of aromatic nitrogens is 7. The Morgan fingerprint density at radius 2 is 1.83 bits per heavy atom. The molecular weight excluding hydrogens is 621 g/mol. The Morgan fingerprint density at radius 1 is 1.02 bits per heavy atom. The fourth-order valence-electron chi connectivity index (χ4n) is 6.19. The molecule has 7 rings (SSSR count). The summed E-state index contributed by atoms with van der Waals surface area (Å²) in [7, 11) is -3.67. The molecular formula is C33H32FN9O3S. The van der Waals surface area contributed by atoms with Crippen molar-refractivity contribution in [3.8, 4) is 33.9 Å². The van der Waals surface area contributed by atoms with Gasteiger partial charge in [-0.3, -0.25) is 19.9 Å². The Hall–Kier alpha value is -5.08. The summed E-state index contributed by atoms with van der Waals surface area (Å²) < 4.78 is 38.8. The smallest absolute Gasteiger partial charge is 0.224 e. The zero-order valence-electron chi connectivity index (χ0n) is 25.5. The Balaban J connectivity index is 1.20. The van der Waals surface area contributed by atoms with Crippen LogP contribution in [-0.2, 0) is 14.6 Å². The van der Waals surface area contributed by atoms with Gasteiger partial charge in [-0.2, -0.15) is 5.10 Å². The van der Waals surface area contributed by atoms with E-state index >= 15 is 0 Å². The van der Waals surface area contributed by atoms with Gasteiger partial charge in [-0.15, -0.1) is 0 Å². The van der Waals surface area contributed by atoms with E-state index in [2.05, 4.69) is 35.5 Å². The number of nitrogens with one attached hydrogen (secondary N) is 3. The third kappa shape index (κ3) is 6.33. The number of nitrogens with two attached hydrogens (primary N) is 1. The van der Waals surface area contributed by atoms with E-state index in [-0.39, 0.29) is 11.5 Å². The van der Waals surface area contributed by atoms with E-state index < -0.39 is 21.0 Å². The molecule has 5 heterocycles. The zero-order valence-corrected chi connectivity index (χ0v) is 26.3. The molecule has 1 atom stereocenters. The van der Waals surface area contributed by atoms with Crippen LogP contribution in [0.5, 0.6) is 0 Å². The highest BCUT2D eigenvalue weighted by Crippen LogP contribution is 2.33. The fraction of sp³-hybridized carbons (Fsp3) is 0.273.